The molecule has 0 aliphatic heterocycles. The first-order valence-corrected chi connectivity index (χ1v) is 5.68. The van der Waals surface area contributed by atoms with Crippen LogP contribution in [0.5, 0.6) is 0 Å². The molecule has 0 aliphatic rings. The fourth-order valence-electron chi connectivity index (χ4n) is 1.57. The van der Waals surface area contributed by atoms with E-state index in [2.05, 4.69) is 15.3 Å². The van der Waals surface area contributed by atoms with Gasteiger partial charge in [-0.2, -0.15) is 0 Å². The summed E-state index contributed by atoms with van der Waals surface area (Å²) in [7, 11) is 0. The van der Waals surface area contributed by atoms with Crippen molar-refractivity contribution in [1.82, 2.24) is 19.9 Å². The van der Waals surface area contributed by atoms with Crippen molar-refractivity contribution in [2.45, 2.75) is 13.0 Å². The molecule has 6 heteroatoms. The molecule has 0 unspecified atom stereocenters. The first kappa shape index (κ1) is 12.1. The second-order valence-electron chi connectivity index (χ2n) is 3.85. The van der Waals surface area contributed by atoms with Gasteiger partial charge < -0.3 is 14.9 Å². The Hall–Kier alpha value is -2.37. The first-order valence-electron chi connectivity index (χ1n) is 5.68. The lowest BCUT2D eigenvalue weighted by atomic mass is 10.2. The van der Waals surface area contributed by atoms with Crippen molar-refractivity contribution >= 4 is 5.91 Å². The van der Waals surface area contributed by atoms with Crippen LogP contribution in [0.15, 0.2) is 41.8 Å². The van der Waals surface area contributed by atoms with E-state index < -0.39 is 0 Å². The van der Waals surface area contributed by atoms with Gasteiger partial charge in [0.25, 0.3) is 5.91 Å². The predicted molar refractivity (Wildman–Crippen MR) is 66.2 cm³/mol. The number of carbonyl (C=O) groups excluding carboxylic acids is 1. The predicted octanol–water partition coefficient (Wildman–Crippen LogP) is 0.391. The molecule has 2 rings (SSSR count). The topological polar surface area (TPSA) is 79.8 Å². The molecule has 2 aromatic heterocycles. The highest BCUT2D eigenvalue weighted by Gasteiger charge is 2.04. The van der Waals surface area contributed by atoms with Crippen LogP contribution in [-0.4, -0.2) is 27.0 Å². The number of amides is 1. The minimum Gasteiger partial charge on any atom is -0.352 e. The van der Waals surface area contributed by atoms with Gasteiger partial charge in [-0.3, -0.25) is 9.59 Å². The molecule has 0 bridgehead atoms. The van der Waals surface area contributed by atoms with Crippen LogP contribution in [0.4, 0.5) is 0 Å². The molecule has 6 nitrogen and oxygen atoms in total. The van der Waals surface area contributed by atoms with Gasteiger partial charge in [0.15, 0.2) is 0 Å². The zero-order valence-electron chi connectivity index (χ0n) is 9.80. The van der Waals surface area contributed by atoms with Gasteiger partial charge in [0.05, 0.1) is 6.33 Å². The van der Waals surface area contributed by atoms with E-state index in [0.717, 1.165) is 13.0 Å². The van der Waals surface area contributed by atoms with Crippen LogP contribution in [0.25, 0.3) is 0 Å². The molecule has 0 saturated heterocycles. The number of nitrogens with one attached hydrogen (secondary N) is 2. The Morgan fingerprint density at radius 1 is 1.50 bits per heavy atom. The Morgan fingerprint density at radius 2 is 2.39 bits per heavy atom. The largest absolute Gasteiger partial charge is 0.352 e. The standard InChI is InChI=1S/C12H14N4O2/c17-11-8-10(2-4-14-11)12(18)15-3-1-6-16-7-5-13-9-16/h2,4-5,7-9H,1,3,6H2,(H,14,17)(H,15,18). The molecule has 0 aliphatic carbocycles. The van der Waals surface area contributed by atoms with Crippen LogP contribution in [0.2, 0.25) is 0 Å². The molecule has 2 N–H and O–H groups in total. The number of carbonyl (C=O) groups is 1. The lowest BCUT2D eigenvalue weighted by molar-refractivity contribution is 0.0952. The zero-order valence-corrected chi connectivity index (χ0v) is 9.80. The van der Waals surface area contributed by atoms with E-state index in [1.807, 2.05) is 10.8 Å². The van der Waals surface area contributed by atoms with Gasteiger partial charge in [0.1, 0.15) is 0 Å². The molecule has 0 spiro atoms. The van der Waals surface area contributed by atoms with Crippen molar-refractivity contribution in [3.05, 3.63) is 53.0 Å². The van der Waals surface area contributed by atoms with Gasteiger partial charge in [-0.15, -0.1) is 0 Å². The SMILES string of the molecule is O=C(NCCCn1ccnc1)c1cc[nH]c(=O)c1. The van der Waals surface area contributed by atoms with E-state index in [1.54, 1.807) is 18.6 Å². The minimum absolute atomic E-state index is 0.230. The van der Waals surface area contributed by atoms with E-state index in [-0.39, 0.29) is 11.5 Å². The molecule has 0 atom stereocenters. The van der Waals surface area contributed by atoms with Crippen LogP contribution >= 0.6 is 0 Å². The van der Waals surface area contributed by atoms with Gasteiger partial charge in [-0.1, -0.05) is 0 Å². The number of hydrogen-bond donors (Lipinski definition) is 2. The van der Waals surface area contributed by atoms with Gasteiger partial charge in [0.2, 0.25) is 5.56 Å². The fourth-order valence-corrected chi connectivity index (χ4v) is 1.57. The molecule has 2 heterocycles. The van der Waals surface area contributed by atoms with Gasteiger partial charge in [-0.25, -0.2) is 4.98 Å². The highest BCUT2D eigenvalue weighted by atomic mass is 16.2. The summed E-state index contributed by atoms with van der Waals surface area (Å²) in [6, 6.07) is 2.86. The number of aryl methyl sites for hydroxylation is 1. The molecular weight excluding hydrogens is 232 g/mol. The number of rotatable bonds is 5. The number of hydrogen-bond acceptors (Lipinski definition) is 3. The summed E-state index contributed by atoms with van der Waals surface area (Å²) in [5, 5.41) is 2.76. The van der Waals surface area contributed by atoms with Crippen molar-refractivity contribution in [1.29, 1.82) is 0 Å². The number of aromatic amines is 1. The molecule has 0 saturated carbocycles. The lowest BCUT2D eigenvalue weighted by Gasteiger charge is -2.05. The third kappa shape index (κ3) is 3.31. The average Bonchev–Trinajstić information content (AvgIpc) is 2.87. The van der Waals surface area contributed by atoms with Crippen LogP contribution in [0.1, 0.15) is 16.8 Å². The summed E-state index contributed by atoms with van der Waals surface area (Å²) in [6.07, 6.45) is 7.60. The second-order valence-corrected chi connectivity index (χ2v) is 3.85. The first-order chi connectivity index (χ1) is 8.75. The molecule has 0 fully saturated rings. The zero-order chi connectivity index (χ0) is 12.8. The summed E-state index contributed by atoms with van der Waals surface area (Å²) < 4.78 is 1.94. The second kappa shape index (κ2) is 5.81. The smallest absolute Gasteiger partial charge is 0.251 e. The van der Waals surface area contributed by atoms with Gasteiger partial charge in [-0.05, 0) is 12.5 Å². The number of imidazole rings is 1. The summed E-state index contributed by atoms with van der Waals surface area (Å²) >= 11 is 0. The lowest BCUT2D eigenvalue weighted by Crippen LogP contribution is -2.26. The Labute approximate surface area is 104 Å². The molecule has 0 aromatic carbocycles. The maximum absolute atomic E-state index is 11.7. The van der Waals surface area contributed by atoms with Crippen molar-refractivity contribution in [3.63, 3.8) is 0 Å². The minimum atomic E-state index is -0.277. The number of nitrogens with zero attached hydrogens (tertiary/aromatic N) is 2. The number of H-pyrrole nitrogens is 1. The third-order valence-electron chi connectivity index (χ3n) is 2.48. The van der Waals surface area contributed by atoms with Crippen LogP contribution in [0.3, 0.4) is 0 Å². The van der Waals surface area contributed by atoms with E-state index in [4.69, 9.17) is 0 Å². The normalized spacial score (nSPS) is 10.2. The molecule has 94 valence electrons. The maximum atomic E-state index is 11.7. The quantitative estimate of drug-likeness (QED) is 0.749. The van der Waals surface area contributed by atoms with E-state index >= 15 is 0 Å². The van der Waals surface area contributed by atoms with Gasteiger partial charge in [0, 0.05) is 43.3 Å². The molecule has 2 aromatic rings. The van der Waals surface area contributed by atoms with Gasteiger partial charge >= 0.3 is 0 Å². The molecule has 1 amide bonds. The Bertz CT molecular complexity index is 559. The highest BCUT2D eigenvalue weighted by molar-refractivity contribution is 5.93. The van der Waals surface area contributed by atoms with Crippen molar-refractivity contribution in [2.75, 3.05) is 6.54 Å². The maximum Gasteiger partial charge on any atom is 0.251 e. The van der Waals surface area contributed by atoms with Crippen molar-refractivity contribution in [3.8, 4) is 0 Å². The summed E-state index contributed by atoms with van der Waals surface area (Å²) in [6.45, 7) is 1.36. The average molecular weight is 246 g/mol. The fraction of sp³-hybridized carbons (Fsp3) is 0.250. The summed E-state index contributed by atoms with van der Waals surface area (Å²) in [5.41, 5.74) is 0.0995. The molecule has 0 radical (unpaired) electrons. The monoisotopic (exact) mass is 246 g/mol. The Morgan fingerprint density at radius 3 is 3.11 bits per heavy atom. The van der Waals surface area contributed by atoms with E-state index in [0.29, 0.717) is 12.1 Å². The van der Waals surface area contributed by atoms with Crippen molar-refractivity contribution in [2.24, 2.45) is 0 Å². The van der Waals surface area contributed by atoms with Crippen molar-refractivity contribution < 1.29 is 4.79 Å². The van der Waals surface area contributed by atoms with Crippen LogP contribution in [-0.2, 0) is 6.54 Å². The highest BCUT2D eigenvalue weighted by Crippen LogP contribution is 1.94. The summed E-state index contributed by atoms with van der Waals surface area (Å²) in [4.78, 5) is 29.1. The number of pyridine rings is 1. The summed E-state index contributed by atoms with van der Waals surface area (Å²) in [5.74, 6) is -0.230. The van der Waals surface area contributed by atoms with E-state index in [9.17, 15) is 9.59 Å². The molecular formula is C12H14N4O2. The van der Waals surface area contributed by atoms with Crippen LogP contribution in [0, 0.1) is 0 Å². The van der Waals surface area contributed by atoms with E-state index in [1.165, 1.54) is 12.3 Å². The Kier molecular flexibility index (Phi) is 3.90. The molecule has 18 heavy (non-hydrogen) atoms. The number of aromatic nitrogens is 3. The third-order valence-corrected chi connectivity index (χ3v) is 2.48. The Balaban J connectivity index is 1.77. The van der Waals surface area contributed by atoms with Crippen LogP contribution < -0.4 is 10.9 Å².